The van der Waals surface area contributed by atoms with E-state index in [9.17, 15) is 4.79 Å². The van der Waals surface area contributed by atoms with Gasteiger partial charge in [0.2, 0.25) is 11.8 Å². The summed E-state index contributed by atoms with van der Waals surface area (Å²) in [6, 6.07) is 20.7. The van der Waals surface area contributed by atoms with E-state index in [1.807, 2.05) is 36.4 Å². The maximum absolute atomic E-state index is 12.4. The molecule has 0 saturated carbocycles. The molecule has 1 N–H and O–H groups in total. The monoisotopic (exact) mass is 375 g/mol. The molecule has 2 aromatic carbocycles. The number of amides is 1. The molecule has 0 aliphatic carbocycles. The van der Waals surface area contributed by atoms with Gasteiger partial charge >= 0.3 is 0 Å². The van der Waals surface area contributed by atoms with E-state index in [-0.39, 0.29) is 18.4 Å². The highest BCUT2D eigenvalue weighted by Gasteiger charge is 2.27. The van der Waals surface area contributed by atoms with Crippen LogP contribution in [-0.4, -0.2) is 34.9 Å². The van der Waals surface area contributed by atoms with Crippen LogP contribution < -0.4 is 5.32 Å². The second kappa shape index (κ2) is 8.40. The van der Waals surface area contributed by atoms with Gasteiger partial charge in [0.05, 0.1) is 12.1 Å². The van der Waals surface area contributed by atoms with Crippen LogP contribution in [0.25, 0.3) is 11.5 Å². The third-order valence-electron chi connectivity index (χ3n) is 5.33. The molecule has 1 fully saturated rings. The number of carbonyl (C=O) groups is 1. The molecule has 5 heteroatoms. The zero-order chi connectivity index (χ0) is 19.3. The fourth-order valence-corrected chi connectivity index (χ4v) is 3.74. The van der Waals surface area contributed by atoms with Crippen molar-refractivity contribution >= 4 is 5.91 Å². The Bertz CT molecular complexity index is 908. The maximum atomic E-state index is 12.4. The fraction of sp³-hybridized carbons (Fsp3) is 0.304. The molecule has 1 amide bonds. The summed E-state index contributed by atoms with van der Waals surface area (Å²) in [5.74, 6) is 0.541. The number of benzene rings is 2. The zero-order valence-electron chi connectivity index (χ0n) is 16.0. The first-order valence-electron chi connectivity index (χ1n) is 9.77. The molecule has 0 radical (unpaired) electrons. The van der Waals surface area contributed by atoms with Crippen molar-refractivity contribution in [3.05, 3.63) is 78.2 Å². The number of rotatable bonds is 6. The Morgan fingerprint density at radius 3 is 2.64 bits per heavy atom. The van der Waals surface area contributed by atoms with Crippen molar-refractivity contribution in [1.82, 2.24) is 15.2 Å². The Labute approximate surface area is 165 Å². The molecule has 28 heavy (non-hydrogen) atoms. The summed E-state index contributed by atoms with van der Waals surface area (Å²) in [6.07, 6.45) is 2.78. The SMILES string of the molecule is CC(c1ccccc1)N1CCC(NC(=O)Cc2coc(-c3ccccc3)n2)C1. The van der Waals surface area contributed by atoms with Gasteiger partial charge in [0.25, 0.3) is 0 Å². The summed E-state index contributed by atoms with van der Waals surface area (Å²) in [6.45, 7) is 4.08. The number of hydrogen-bond acceptors (Lipinski definition) is 4. The Kier molecular flexibility index (Phi) is 5.53. The number of aromatic nitrogens is 1. The second-order valence-electron chi connectivity index (χ2n) is 7.32. The first-order chi connectivity index (χ1) is 13.7. The van der Waals surface area contributed by atoms with Gasteiger partial charge in [0, 0.05) is 30.7 Å². The predicted molar refractivity (Wildman–Crippen MR) is 109 cm³/mol. The van der Waals surface area contributed by atoms with Gasteiger partial charge in [-0.3, -0.25) is 9.69 Å². The van der Waals surface area contributed by atoms with E-state index in [1.54, 1.807) is 6.26 Å². The molecule has 3 aromatic rings. The Morgan fingerprint density at radius 1 is 1.18 bits per heavy atom. The standard InChI is InChI=1S/C23H25N3O2/c1-17(18-8-4-2-5-9-18)26-13-12-20(15-26)24-22(27)14-21-16-28-23(25-21)19-10-6-3-7-11-19/h2-11,16-17,20H,12-15H2,1H3,(H,24,27). The topological polar surface area (TPSA) is 58.4 Å². The van der Waals surface area contributed by atoms with Gasteiger partial charge in [-0.15, -0.1) is 0 Å². The Morgan fingerprint density at radius 2 is 1.89 bits per heavy atom. The van der Waals surface area contributed by atoms with Crippen LogP contribution >= 0.6 is 0 Å². The van der Waals surface area contributed by atoms with E-state index in [0.717, 1.165) is 25.1 Å². The summed E-state index contributed by atoms with van der Waals surface area (Å²) in [5.41, 5.74) is 2.88. The predicted octanol–water partition coefficient (Wildman–Crippen LogP) is 3.84. The molecular formula is C23H25N3O2. The second-order valence-corrected chi connectivity index (χ2v) is 7.32. The number of oxazole rings is 1. The quantitative estimate of drug-likeness (QED) is 0.711. The van der Waals surface area contributed by atoms with E-state index < -0.39 is 0 Å². The van der Waals surface area contributed by atoms with Gasteiger partial charge in [-0.25, -0.2) is 4.98 Å². The van der Waals surface area contributed by atoms with Crippen molar-refractivity contribution in [2.24, 2.45) is 0 Å². The van der Waals surface area contributed by atoms with Gasteiger partial charge in [-0.05, 0) is 31.0 Å². The van der Waals surface area contributed by atoms with Crippen molar-refractivity contribution < 1.29 is 9.21 Å². The van der Waals surface area contributed by atoms with Crippen LogP contribution in [0.1, 0.15) is 30.6 Å². The fourth-order valence-electron chi connectivity index (χ4n) is 3.74. The van der Waals surface area contributed by atoms with E-state index in [0.29, 0.717) is 17.6 Å². The molecule has 1 aromatic heterocycles. The molecule has 0 spiro atoms. The van der Waals surface area contributed by atoms with Crippen molar-refractivity contribution in [3.8, 4) is 11.5 Å². The van der Waals surface area contributed by atoms with Crippen molar-refractivity contribution in [2.45, 2.75) is 31.8 Å². The lowest BCUT2D eigenvalue weighted by Crippen LogP contribution is -2.38. The molecule has 0 bridgehead atoms. The van der Waals surface area contributed by atoms with Crippen LogP contribution in [-0.2, 0) is 11.2 Å². The number of nitrogens with one attached hydrogen (secondary N) is 1. The first kappa shape index (κ1) is 18.4. The van der Waals surface area contributed by atoms with Crippen LogP contribution in [0, 0.1) is 0 Å². The van der Waals surface area contributed by atoms with Gasteiger partial charge in [-0.1, -0.05) is 48.5 Å². The molecule has 1 aliphatic rings. The van der Waals surface area contributed by atoms with E-state index in [4.69, 9.17) is 4.42 Å². The average Bonchev–Trinajstić information content (AvgIpc) is 3.38. The van der Waals surface area contributed by atoms with Crippen LogP contribution in [0.5, 0.6) is 0 Å². The average molecular weight is 375 g/mol. The molecule has 144 valence electrons. The molecule has 5 nitrogen and oxygen atoms in total. The summed E-state index contributed by atoms with van der Waals surface area (Å²) >= 11 is 0. The molecule has 2 heterocycles. The summed E-state index contributed by atoms with van der Waals surface area (Å²) in [7, 11) is 0. The van der Waals surface area contributed by atoms with E-state index >= 15 is 0 Å². The summed E-state index contributed by atoms with van der Waals surface area (Å²) < 4.78 is 5.52. The molecule has 4 rings (SSSR count). The minimum Gasteiger partial charge on any atom is -0.444 e. The lowest BCUT2D eigenvalue weighted by molar-refractivity contribution is -0.121. The van der Waals surface area contributed by atoms with E-state index in [2.05, 4.69) is 46.4 Å². The Hall–Kier alpha value is -2.92. The van der Waals surface area contributed by atoms with Crippen molar-refractivity contribution in [3.63, 3.8) is 0 Å². The Balaban J connectivity index is 1.30. The molecule has 2 atom stereocenters. The minimum atomic E-state index is -0.00729. The highest BCUT2D eigenvalue weighted by molar-refractivity contribution is 5.78. The molecular weight excluding hydrogens is 350 g/mol. The van der Waals surface area contributed by atoms with Gasteiger partial charge < -0.3 is 9.73 Å². The lowest BCUT2D eigenvalue weighted by Gasteiger charge is -2.24. The van der Waals surface area contributed by atoms with Crippen LogP contribution in [0.2, 0.25) is 0 Å². The van der Waals surface area contributed by atoms with Crippen LogP contribution in [0.15, 0.2) is 71.3 Å². The third-order valence-corrected chi connectivity index (χ3v) is 5.33. The van der Waals surface area contributed by atoms with E-state index in [1.165, 1.54) is 5.56 Å². The first-order valence-corrected chi connectivity index (χ1v) is 9.77. The van der Waals surface area contributed by atoms with Gasteiger partial charge in [-0.2, -0.15) is 0 Å². The van der Waals surface area contributed by atoms with Crippen LogP contribution in [0.3, 0.4) is 0 Å². The number of nitrogens with zero attached hydrogens (tertiary/aromatic N) is 2. The largest absolute Gasteiger partial charge is 0.444 e. The molecule has 2 unspecified atom stereocenters. The highest BCUT2D eigenvalue weighted by atomic mass is 16.3. The lowest BCUT2D eigenvalue weighted by atomic mass is 10.1. The summed E-state index contributed by atoms with van der Waals surface area (Å²) in [4.78, 5) is 19.3. The number of likely N-dealkylation sites (tertiary alicyclic amines) is 1. The zero-order valence-corrected chi connectivity index (χ0v) is 16.0. The maximum Gasteiger partial charge on any atom is 0.226 e. The third kappa shape index (κ3) is 4.31. The van der Waals surface area contributed by atoms with Crippen LogP contribution in [0.4, 0.5) is 0 Å². The molecule has 1 aliphatic heterocycles. The number of carbonyl (C=O) groups excluding carboxylic acids is 1. The van der Waals surface area contributed by atoms with Gasteiger partial charge in [0.1, 0.15) is 6.26 Å². The molecule has 1 saturated heterocycles. The highest BCUT2D eigenvalue weighted by Crippen LogP contribution is 2.24. The van der Waals surface area contributed by atoms with Gasteiger partial charge in [0.15, 0.2) is 0 Å². The smallest absolute Gasteiger partial charge is 0.226 e. The normalized spacial score (nSPS) is 18.1. The number of hydrogen-bond donors (Lipinski definition) is 1. The summed E-state index contributed by atoms with van der Waals surface area (Å²) in [5, 5.41) is 3.15. The van der Waals surface area contributed by atoms with Crippen molar-refractivity contribution in [2.75, 3.05) is 13.1 Å². The minimum absolute atomic E-state index is 0.00729. The van der Waals surface area contributed by atoms with Crippen molar-refractivity contribution in [1.29, 1.82) is 0 Å².